The van der Waals surface area contributed by atoms with Crippen molar-refractivity contribution in [1.82, 2.24) is 0 Å². The molecule has 24 heavy (non-hydrogen) atoms. The Balaban J connectivity index is 1.49. The van der Waals surface area contributed by atoms with Gasteiger partial charge < -0.3 is 14.2 Å². The molecular weight excluding hydrogens is 308 g/mol. The third-order valence-electron chi connectivity index (χ3n) is 3.98. The van der Waals surface area contributed by atoms with Crippen molar-refractivity contribution in [3.8, 4) is 0 Å². The minimum absolute atomic E-state index is 0.182. The van der Waals surface area contributed by atoms with Gasteiger partial charge in [-0.05, 0) is 11.1 Å². The van der Waals surface area contributed by atoms with Crippen molar-refractivity contribution in [1.29, 1.82) is 0 Å². The quantitative estimate of drug-likeness (QED) is 0.594. The van der Waals surface area contributed by atoms with E-state index in [2.05, 4.69) is 4.89 Å². The minimum Gasteiger partial charge on any atom is -0.374 e. The summed E-state index contributed by atoms with van der Waals surface area (Å²) in [7, 11) is 0. The summed E-state index contributed by atoms with van der Waals surface area (Å²) in [5.74, 6) is 0. The molecule has 1 aliphatic heterocycles. The summed E-state index contributed by atoms with van der Waals surface area (Å²) in [5.41, 5.74) is 2.20. The zero-order valence-electron chi connectivity index (χ0n) is 13.4. The van der Waals surface area contributed by atoms with Crippen molar-refractivity contribution < 1.29 is 24.4 Å². The summed E-state index contributed by atoms with van der Waals surface area (Å²) >= 11 is 0. The Labute approximate surface area is 141 Å². The Morgan fingerprint density at radius 3 is 2.17 bits per heavy atom. The SMILES string of the molecule is OO[C@@H]1C[C@H](OCc2ccccc2)[C@@H](COCc2ccccc2)O1. The van der Waals surface area contributed by atoms with E-state index in [1.165, 1.54) is 0 Å². The van der Waals surface area contributed by atoms with Crippen LogP contribution in [-0.4, -0.2) is 30.4 Å². The number of ether oxygens (including phenoxy) is 3. The van der Waals surface area contributed by atoms with Crippen molar-refractivity contribution in [2.75, 3.05) is 6.61 Å². The van der Waals surface area contributed by atoms with Gasteiger partial charge in [0.05, 0.1) is 25.9 Å². The average Bonchev–Trinajstić information content (AvgIpc) is 3.04. The first-order chi connectivity index (χ1) is 11.8. The molecule has 1 fully saturated rings. The Hall–Kier alpha value is -1.76. The summed E-state index contributed by atoms with van der Waals surface area (Å²) in [5, 5.41) is 8.87. The van der Waals surface area contributed by atoms with E-state index in [1.807, 2.05) is 60.7 Å². The van der Waals surface area contributed by atoms with E-state index in [-0.39, 0.29) is 12.2 Å². The van der Waals surface area contributed by atoms with E-state index in [0.29, 0.717) is 26.2 Å². The minimum atomic E-state index is -0.670. The Morgan fingerprint density at radius 2 is 1.54 bits per heavy atom. The van der Waals surface area contributed by atoms with Crippen molar-refractivity contribution in [2.45, 2.75) is 38.1 Å². The largest absolute Gasteiger partial charge is 0.374 e. The average molecular weight is 330 g/mol. The van der Waals surface area contributed by atoms with Gasteiger partial charge in [0.15, 0.2) is 6.29 Å². The van der Waals surface area contributed by atoms with Gasteiger partial charge in [-0.15, -0.1) is 0 Å². The van der Waals surface area contributed by atoms with Gasteiger partial charge in [0, 0.05) is 6.42 Å². The maximum atomic E-state index is 8.87. The lowest BCUT2D eigenvalue weighted by Gasteiger charge is -2.19. The van der Waals surface area contributed by atoms with Crippen molar-refractivity contribution in [3.63, 3.8) is 0 Å². The van der Waals surface area contributed by atoms with Gasteiger partial charge in [-0.3, -0.25) is 0 Å². The lowest BCUT2D eigenvalue weighted by Crippen LogP contribution is -2.29. The molecule has 2 aromatic rings. The molecule has 1 saturated heterocycles. The molecule has 0 saturated carbocycles. The summed E-state index contributed by atoms with van der Waals surface area (Å²) in [6.07, 6.45) is -0.647. The second kappa shape index (κ2) is 8.92. The molecule has 0 unspecified atom stereocenters. The molecule has 0 spiro atoms. The molecule has 0 bridgehead atoms. The lowest BCUT2D eigenvalue weighted by atomic mass is 10.2. The summed E-state index contributed by atoms with van der Waals surface area (Å²) in [4.78, 5) is 4.33. The maximum Gasteiger partial charge on any atom is 0.194 e. The van der Waals surface area contributed by atoms with Crippen LogP contribution in [0, 0.1) is 0 Å². The molecule has 1 aliphatic rings. The fourth-order valence-corrected chi connectivity index (χ4v) is 2.71. The van der Waals surface area contributed by atoms with Gasteiger partial charge in [0.1, 0.15) is 6.10 Å². The molecule has 3 rings (SSSR count). The summed E-state index contributed by atoms with van der Waals surface area (Å²) in [6, 6.07) is 19.9. The smallest absolute Gasteiger partial charge is 0.194 e. The monoisotopic (exact) mass is 330 g/mol. The van der Waals surface area contributed by atoms with Crippen molar-refractivity contribution >= 4 is 0 Å². The molecule has 0 radical (unpaired) electrons. The van der Waals surface area contributed by atoms with Crippen LogP contribution in [-0.2, 0) is 32.3 Å². The number of hydrogen-bond donors (Lipinski definition) is 1. The van der Waals surface area contributed by atoms with Crippen LogP contribution in [0.1, 0.15) is 17.5 Å². The molecule has 3 atom stereocenters. The maximum absolute atomic E-state index is 8.87. The molecule has 1 heterocycles. The predicted octanol–water partition coefficient (Wildman–Crippen LogP) is 3.39. The Bertz CT molecular complexity index is 589. The highest BCUT2D eigenvalue weighted by Gasteiger charge is 2.37. The van der Waals surface area contributed by atoms with Crippen LogP contribution in [0.15, 0.2) is 60.7 Å². The molecule has 2 aromatic carbocycles. The van der Waals surface area contributed by atoms with Crippen LogP contribution in [0.4, 0.5) is 0 Å². The second-order valence-corrected chi connectivity index (χ2v) is 5.78. The fourth-order valence-electron chi connectivity index (χ4n) is 2.71. The van der Waals surface area contributed by atoms with Crippen molar-refractivity contribution in [2.24, 2.45) is 0 Å². The van der Waals surface area contributed by atoms with Gasteiger partial charge in [-0.25, -0.2) is 10.1 Å². The third kappa shape index (κ3) is 4.87. The van der Waals surface area contributed by atoms with Crippen LogP contribution < -0.4 is 0 Å². The second-order valence-electron chi connectivity index (χ2n) is 5.78. The van der Waals surface area contributed by atoms with E-state index in [9.17, 15) is 0 Å². The van der Waals surface area contributed by atoms with Gasteiger partial charge >= 0.3 is 0 Å². The molecule has 0 aliphatic carbocycles. The van der Waals surface area contributed by atoms with E-state index < -0.39 is 6.29 Å². The van der Waals surface area contributed by atoms with Crippen LogP contribution >= 0.6 is 0 Å². The lowest BCUT2D eigenvalue weighted by molar-refractivity contribution is -0.341. The number of benzene rings is 2. The van der Waals surface area contributed by atoms with E-state index in [0.717, 1.165) is 11.1 Å². The molecule has 5 nitrogen and oxygen atoms in total. The van der Waals surface area contributed by atoms with Crippen molar-refractivity contribution in [3.05, 3.63) is 71.8 Å². The first-order valence-corrected chi connectivity index (χ1v) is 8.08. The Morgan fingerprint density at radius 1 is 0.917 bits per heavy atom. The molecule has 128 valence electrons. The van der Waals surface area contributed by atoms with Gasteiger partial charge in [0.25, 0.3) is 0 Å². The van der Waals surface area contributed by atoms with Crippen LogP contribution in [0.3, 0.4) is 0 Å². The summed E-state index contributed by atoms with van der Waals surface area (Å²) in [6.45, 7) is 1.38. The van der Waals surface area contributed by atoms with E-state index in [4.69, 9.17) is 19.5 Å². The highest BCUT2D eigenvalue weighted by Crippen LogP contribution is 2.25. The molecule has 1 N–H and O–H groups in total. The van der Waals surface area contributed by atoms with Crippen LogP contribution in [0.5, 0.6) is 0 Å². The standard InChI is InChI=1S/C19H22O5/c20-24-19-11-17(22-13-16-9-5-2-6-10-16)18(23-19)14-21-12-15-7-3-1-4-8-15/h1-10,17-20H,11-14H2/t17-,18+,19+/m0/s1. The van der Waals surface area contributed by atoms with Gasteiger partial charge in [0.2, 0.25) is 0 Å². The van der Waals surface area contributed by atoms with Gasteiger partial charge in [-0.1, -0.05) is 60.7 Å². The number of hydrogen-bond acceptors (Lipinski definition) is 5. The zero-order chi connectivity index (χ0) is 16.6. The first kappa shape index (κ1) is 17.1. The predicted molar refractivity (Wildman–Crippen MR) is 88.1 cm³/mol. The van der Waals surface area contributed by atoms with Crippen LogP contribution in [0.2, 0.25) is 0 Å². The molecule has 5 heteroatoms. The fraction of sp³-hybridized carbons (Fsp3) is 0.368. The zero-order valence-corrected chi connectivity index (χ0v) is 13.4. The first-order valence-electron chi connectivity index (χ1n) is 8.08. The molecule has 0 amide bonds. The third-order valence-corrected chi connectivity index (χ3v) is 3.98. The highest BCUT2D eigenvalue weighted by atomic mass is 17.1. The topological polar surface area (TPSA) is 57.2 Å². The van der Waals surface area contributed by atoms with Crippen LogP contribution in [0.25, 0.3) is 0 Å². The van der Waals surface area contributed by atoms with Gasteiger partial charge in [-0.2, -0.15) is 0 Å². The normalized spacial score (nSPS) is 23.5. The number of rotatable bonds is 8. The van der Waals surface area contributed by atoms with E-state index >= 15 is 0 Å². The highest BCUT2D eigenvalue weighted by molar-refractivity contribution is 5.14. The molecule has 0 aromatic heterocycles. The molecular formula is C19H22O5. The summed E-state index contributed by atoms with van der Waals surface area (Å²) < 4.78 is 17.3. The van der Waals surface area contributed by atoms with E-state index in [1.54, 1.807) is 0 Å². The Kier molecular flexibility index (Phi) is 6.34.